The summed E-state index contributed by atoms with van der Waals surface area (Å²) in [6.45, 7) is 5.67. The van der Waals surface area contributed by atoms with Gasteiger partial charge in [-0.2, -0.15) is 0 Å². The Morgan fingerprint density at radius 1 is 1.27 bits per heavy atom. The van der Waals surface area contributed by atoms with Gasteiger partial charge in [0.2, 0.25) is 0 Å². The van der Waals surface area contributed by atoms with Crippen LogP contribution in [0.15, 0.2) is 30.6 Å². The summed E-state index contributed by atoms with van der Waals surface area (Å²) in [5, 5.41) is 11.6. The average molecular weight is 357 g/mol. The number of piperidine rings is 2. The van der Waals surface area contributed by atoms with Crippen LogP contribution in [0.5, 0.6) is 0 Å². The zero-order valence-corrected chi connectivity index (χ0v) is 15.7. The average Bonchev–Trinajstić information content (AvgIpc) is 3.00. The summed E-state index contributed by atoms with van der Waals surface area (Å²) in [5.74, 6) is 0. The Hall–Kier alpha value is -2.08. The van der Waals surface area contributed by atoms with Gasteiger partial charge in [-0.1, -0.05) is 6.07 Å². The van der Waals surface area contributed by atoms with Gasteiger partial charge in [0.05, 0.1) is 5.69 Å². The minimum atomic E-state index is -0.964. The van der Waals surface area contributed by atoms with Crippen molar-refractivity contribution in [2.75, 3.05) is 0 Å². The van der Waals surface area contributed by atoms with E-state index < -0.39 is 11.2 Å². The number of aromatic nitrogens is 2. The summed E-state index contributed by atoms with van der Waals surface area (Å²) < 4.78 is 7.59. The fourth-order valence-electron chi connectivity index (χ4n) is 4.58. The van der Waals surface area contributed by atoms with Crippen molar-refractivity contribution in [3.05, 3.63) is 36.3 Å². The van der Waals surface area contributed by atoms with Crippen molar-refractivity contribution in [3.8, 4) is 0 Å². The van der Waals surface area contributed by atoms with Crippen molar-refractivity contribution >= 4 is 11.7 Å². The van der Waals surface area contributed by atoms with Gasteiger partial charge in [-0.3, -0.25) is 0 Å². The van der Waals surface area contributed by atoms with Gasteiger partial charge in [0.1, 0.15) is 16.8 Å². The van der Waals surface area contributed by atoms with Gasteiger partial charge in [-0.25, -0.2) is 9.78 Å². The van der Waals surface area contributed by atoms with Crippen LogP contribution < -0.4 is 0 Å². The summed E-state index contributed by atoms with van der Waals surface area (Å²) in [5.41, 5.74) is 0.208. The quantitative estimate of drug-likeness (QED) is 0.848. The van der Waals surface area contributed by atoms with Gasteiger partial charge in [0.15, 0.2) is 0 Å². The molecule has 2 aliphatic rings. The maximum Gasteiger partial charge on any atom is 0.410 e. The third-order valence-electron chi connectivity index (χ3n) is 5.52. The third kappa shape index (κ3) is 2.96. The molecule has 1 N–H and O–H groups in total. The first kappa shape index (κ1) is 17.3. The Balaban J connectivity index is 1.65. The second-order valence-electron chi connectivity index (χ2n) is 8.63. The first-order valence-corrected chi connectivity index (χ1v) is 9.43. The van der Waals surface area contributed by atoms with E-state index in [2.05, 4.69) is 4.98 Å². The summed E-state index contributed by atoms with van der Waals surface area (Å²) in [6, 6.07) is 5.84. The molecule has 0 aliphatic carbocycles. The number of fused-ring (bicyclic) bond motifs is 3. The molecule has 1 amide bonds. The van der Waals surface area contributed by atoms with Crippen molar-refractivity contribution < 1.29 is 14.6 Å². The maximum atomic E-state index is 12.8. The van der Waals surface area contributed by atoms with Crippen LogP contribution in [-0.4, -0.2) is 43.2 Å². The van der Waals surface area contributed by atoms with E-state index in [0.717, 1.165) is 30.6 Å². The number of ether oxygens (including phenoxy) is 1. The van der Waals surface area contributed by atoms with Gasteiger partial charge in [0.25, 0.3) is 0 Å². The Labute approximate surface area is 153 Å². The second kappa shape index (κ2) is 5.98. The zero-order valence-electron chi connectivity index (χ0n) is 15.7. The number of pyridine rings is 1. The van der Waals surface area contributed by atoms with E-state index in [1.807, 2.05) is 54.5 Å². The molecule has 0 aromatic carbocycles. The molecule has 6 heteroatoms. The first-order chi connectivity index (χ1) is 12.3. The largest absolute Gasteiger partial charge is 0.444 e. The van der Waals surface area contributed by atoms with E-state index in [4.69, 9.17) is 4.74 Å². The van der Waals surface area contributed by atoms with Gasteiger partial charge >= 0.3 is 6.09 Å². The monoisotopic (exact) mass is 357 g/mol. The highest BCUT2D eigenvalue weighted by Crippen LogP contribution is 2.44. The van der Waals surface area contributed by atoms with Crippen LogP contribution >= 0.6 is 0 Å². The summed E-state index contributed by atoms with van der Waals surface area (Å²) in [4.78, 5) is 19.0. The van der Waals surface area contributed by atoms with E-state index in [9.17, 15) is 9.90 Å². The SMILES string of the molecule is CC(C)(C)OC(=O)N1C2CCCC1CC(O)(c1cccc3nccn13)C2. The van der Waals surface area contributed by atoms with E-state index in [-0.39, 0.29) is 18.2 Å². The van der Waals surface area contributed by atoms with Crippen LogP contribution in [0.2, 0.25) is 0 Å². The molecule has 2 aliphatic heterocycles. The van der Waals surface area contributed by atoms with Crippen LogP contribution in [-0.2, 0) is 10.3 Å². The van der Waals surface area contributed by atoms with Crippen LogP contribution in [0.25, 0.3) is 5.65 Å². The molecule has 0 spiro atoms. The minimum absolute atomic E-state index is 0.00104. The van der Waals surface area contributed by atoms with Gasteiger partial charge in [-0.05, 0) is 52.2 Å². The standard InChI is InChI=1S/C20H27N3O3/c1-19(2,3)26-18(24)23-14-6-4-7-15(23)13-20(25,12-14)16-8-5-9-17-21-10-11-22(16)17/h5,8-11,14-15,25H,4,6-7,12-13H2,1-3H3. The van der Waals surface area contributed by atoms with Crippen molar-refractivity contribution in [3.63, 3.8) is 0 Å². The molecule has 2 atom stereocenters. The first-order valence-electron chi connectivity index (χ1n) is 9.43. The summed E-state index contributed by atoms with van der Waals surface area (Å²) >= 11 is 0. The predicted octanol–water partition coefficient (Wildman–Crippen LogP) is 3.47. The van der Waals surface area contributed by atoms with E-state index in [1.54, 1.807) is 6.20 Å². The third-order valence-corrected chi connectivity index (χ3v) is 5.52. The van der Waals surface area contributed by atoms with Gasteiger partial charge in [0, 0.05) is 37.3 Å². The van der Waals surface area contributed by atoms with Gasteiger partial charge < -0.3 is 19.1 Å². The number of amides is 1. The number of hydrogen-bond donors (Lipinski definition) is 1. The number of nitrogens with zero attached hydrogens (tertiary/aromatic N) is 3. The smallest absolute Gasteiger partial charge is 0.410 e. The molecule has 140 valence electrons. The van der Waals surface area contributed by atoms with Crippen LogP contribution in [0.1, 0.15) is 58.6 Å². The summed E-state index contributed by atoms with van der Waals surface area (Å²) in [6.07, 6.45) is 7.32. The van der Waals surface area contributed by atoms with Crippen LogP contribution in [0, 0.1) is 0 Å². The lowest BCUT2D eigenvalue weighted by atomic mass is 9.74. The van der Waals surface area contributed by atoms with Crippen LogP contribution in [0.3, 0.4) is 0 Å². The topological polar surface area (TPSA) is 67.1 Å². The Kier molecular flexibility index (Phi) is 3.99. The molecule has 2 bridgehead atoms. The Bertz CT molecular complexity index is 809. The van der Waals surface area contributed by atoms with E-state index >= 15 is 0 Å². The molecule has 2 aromatic rings. The normalized spacial score (nSPS) is 29.0. The zero-order chi connectivity index (χ0) is 18.5. The lowest BCUT2D eigenvalue weighted by molar-refractivity contribution is -0.0989. The fourth-order valence-corrected chi connectivity index (χ4v) is 4.58. The van der Waals surface area contributed by atoms with Gasteiger partial charge in [-0.15, -0.1) is 0 Å². The fraction of sp³-hybridized carbons (Fsp3) is 0.600. The molecule has 26 heavy (non-hydrogen) atoms. The molecule has 2 unspecified atom stereocenters. The van der Waals surface area contributed by atoms with Crippen molar-refractivity contribution in [2.24, 2.45) is 0 Å². The molecular formula is C20H27N3O3. The maximum absolute atomic E-state index is 12.8. The molecule has 2 fully saturated rings. The molecule has 4 rings (SSSR count). The number of imidazole rings is 1. The molecular weight excluding hydrogens is 330 g/mol. The van der Waals surface area contributed by atoms with Crippen molar-refractivity contribution in [2.45, 2.75) is 76.2 Å². The highest BCUT2D eigenvalue weighted by Gasteiger charge is 2.49. The molecule has 4 heterocycles. The molecule has 2 aromatic heterocycles. The highest BCUT2D eigenvalue weighted by molar-refractivity contribution is 5.69. The lowest BCUT2D eigenvalue weighted by Crippen LogP contribution is -2.59. The second-order valence-corrected chi connectivity index (χ2v) is 8.63. The van der Waals surface area contributed by atoms with Crippen molar-refractivity contribution in [1.29, 1.82) is 0 Å². The number of carbonyl (C=O) groups is 1. The van der Waals surface area contributed by atoms with E-state index in [0.29, 0.717) is 12.8 Å². The molecule has 0 saturated carbocycles. The number of carbonyl (C=O) groups excluding carboxylic acids is 1. The lowest BCUT2D eigenvalue weighted by Gasteiger charge is -2.51. The van der Waals surface area contributed by atoms with Crippen LogP contribution in [0.4, 0.5) is 4.79 Å². The number of hydrogen-bond acceptors (Lipinski definition) is 4. The van der Waals surface area contributed by atoms with E-state index in [1.165, 1.54) is 0 Å². The molecule has 0 radical (unpaired) electrons. The number of aliphatic hydroxyl groups is 1. The molecule has 2 saturated heterocycles. The predicted molar refractivity (Wildman–Crippen MR) is 97.8 cm³/mol. The van der Waals surface area contributed by atoms with Crippen molar-refractivity contribution in [1.82, 2.24) is 14.3 Å². The minimum Gasteiger partial charge on any atom is -0.444 e. The highest BCUT2D eigenvalue weighted by atomic mass is 16.6. The molecule has 6 nitrogen and oxygen atoms in total. The Morgan fingerprint density at radius 2 is 1.96 bits per heavy atom. The summed E-state index contributed by atoms with van der Waals surface area (Å²) in [7, 11) is 0. The Morgan fingerprint density at radius 3 is 2.62 bits per heavy atom. The number of rotatable bonds is 1.